The maximum atomic E-state index is 6.07. The van der Waals surface area contributed by atoms with Gasteiger partial charge in [0.1, 0.15) is 0 Å². The van der Waals surface area contributed by atoms with E-state index in [1.807, 2.05) is 36.4 Å². The molecule has 0 bridgehead atoms. The van der Waals surface area contributed by atoms with Crippen LogP contribution in [0.1, 0.15) is 0 Å². The molecule has 7 aromatic carbocycles. The summed E-state index contributed by atoms with van der Waals surface area (Å²) >= 11 is 0. The van der Waals surface area contributed by atoms with Crippen LogP contribution in [0, 0.1) is 0 Å². The van der Waals surface area contributed by atoms with Gasteiger partial charge >= 0.3 is 0 Å². The van der Waals surface area contributed by atoms with Crippen molar-refractivity contribution in [1.82, 2.24) is 0 Å². The van der Waals surface area contributed by atoms with Crippen LogP contribution in [-0.2, 0) is 0 Å². The zero-order valence-electron chi connectivity index (χ0n) is 26.3. The standard InChI is InChI=1S/C42H36N6/c43-37-16-34(17-38(44)22-37)28-7-1-25(2-8-28)31-13-32(26-3-9-29(10-4-26)35-18-39(45)23-40(46)19-35)15-33(14-31)27-5-11-30(12-6-27)36-20-41(47)24-42(48)21-36/h1-24H,43-48H2. The highest BCUT2D eigenvalue weighted by molar-refractivity contribution is 5.84. The molecule has 0 saturated heterocycles. The molecule has 0 aliphatic carbocycles. The van der Waals surface area contributed by atoms with Gasteiger partial charge in [-0.05, 0) is 140 Å². The lowest BCUT2D eigenvalue weighted by Crippen LogP contribution is -1.92. The first-order valence-corrected chi connectivity index (χ1v) is 15.6. The molecule has 0 aromatic heterocycles. The predicted molar refractivity (Wildman–Crippen MR) is 206 cm³/mol. The van der Waals surface area contributed by atoms with Crippen LogP contribution in [0.15, 0.2) is 146 Å². The third-order valence-electron chi connectivity index (χ3n) is 8.52. The molecule has 0 unspecified atom stereocenters. The van der Waals surface area contributed by atoms with Gasteiger partial charge in [-0.15, -0.1) is 0 Å². The number of hydrogen-bond acceptors (Lipinski definition) is 6. The number of anilines is 6. The van der Waals surface area contributed by atoms with E-state index in [4.69, 9.17) is 34.4 Å². The van der Waals surface area contributed by atoms with Crippen LogP contribution < -0.4 is 34.4 Å². The fraction of sp³-hybridized carbons (Fsp3) is 0. The largest absolute Gasteiger partial charge is 0.399 e. The molecule has 234 valence electrons. The van der Waals surface area contributed by atoms with Crippen molar-refractivity contribution in [2.24, 2.45) is 0 Å². The van der Waals surface area contributed by atoms with E-state index in [2.05, 4.69) is 91.0 Å². The molecule has 0 spiro atoms. The quantitative estimate of drug-likeness (QED) is 0.101. The van der Waals surface area contributed by atoms with E-state index >= 15 is 0 Å². The summed E-state index contributed by atoms with van der Waals surface area (Å²) in [5.41, 5.74) is 52.9. The lowest BCUT2D eigenvalue weighted by atomic mass is 9.91. The molecule has 7 rings (SSSR count). The Morgan fingerprint density at radius 1 is 0.167 bits per heavy atom. The van der Waals surface area contributed by atoms with Crippen molar-refractivity contribution in [3.05, 3.63) is 146 Å². The maximum Gasteiger partial charge on any atom is 0.0340 e. The number of benzene rings is 7. The van der Waals surface area contributed by atoms with Gasteiger partial charge < -0.3 is 34.4 Å². The van der Waals surface area contributed by atoms with Gasteiger partial charge in [0.2, 0.25) is 0 Å². The van der Waals surface area contributed by atoms with E-state index in [0.717, 1.165) is 66.8 Å². The molecule has 12 N–H and O–H groups in total. The molecule has 48 heavy (non-hydrogen) atoms. The molecule has 0 atom stereocenters. The fourth-order valence-corrected chi connectivity index (χ4v) is 6.22. The summed E-state index contributed by atoms with van der Waals surface area (Å²) < 4.78 is 0. The summed E-state index contributed by atoms with van der Waals surface area (Å²) in [6.07, 6.45) is 0. The second-order valence-electron chi connectivity index (χ2n) is 12.2. The third-order valence-corrected chi connectivity index (χ3v) is 8.52. The Kier molecular flexibility index (Phi) is 7.67. The summed E-state index contributed by atoms with van der Waals surface area (Å²) in [5.74, 6) is 0. The Balaban J connectivity index is 1.29. The van der Waals surface area contributed by atoms with Gasteiger partial charge in [0.25, 0.3) is 0 Å². The highest BCUT2D eigenvalue weighted by Crippen LogP contribution is 2.36. The highest BCUT2D eigenvalue weighted by Gasteiger charge is 2.11. The van der Waals surface area contributed by atoms with Gasteiger partial charge in [-0.1, -0.05) is 72.8 Å². The monoisotopic (exact) mass is 624 g/mol. The van der Waals surface area contributed by atoms with E-state index in [-0.39, 0.29) is 0 Å². The molecular weight excluding hydrogens is 589 g/mol. The molecule has 0 heterocycles. The minimum atomic E-state index is 0.641. The van der Waals surface area contributed by atoms with E-state index in [1.54, 1.807) is 18.2 Å². The Morgan fingerprint density at radius 2 is 0.312 bits per heavy atom. The number of hydrogen-bond donors (Lipinski definition) is 6. The van der Waals surface area contributed by atoms with E-state index in [9.17, 15) is 0 Å². The van der Waals surface area contributed by atoms with Crippen molar-refractivity contribution in [1.29, 1.82) is 0 Å². The van der Waals surface area contributed by atoms with Gasteiger partial charge in [-0.2, -0.15) is 0 Å². The van der Waals surface area contributed by atoms with Gasteiger partial charge in [-0.3, -0.25) is 0 Å². The summed E-state index contributed by atoms with van der Waals surface area (Å²) in [4.78, 5) is 0. The third kappa shape index (κ3) is 6.36. The number of rotatable bonds is 6. The predicted octanol–water partition coefficient (Wildman–Crippen LogP) is 9.18. The van der Waals surface area contributed by atoms with Crippen LogP contribution in [0.3, 0.4) is 0 Å². The van der Waals surface area contributed by atoms with Crippen molar-refractivity contribution < 1.29 is 0 Å². The minimum Gasteiger partial charge on any atom is -0.399 e. The van der Waals surface area contributed by atoms with Crippen LogP contribution in [0.5, 0.6) is 0 Å². The molecule has 0 amide bonds. The van der Waals surface area contributed by atoms with E-state index in [0.29, 0.717) is 34.1 Å². The van der Waals surface area contributed by atoms with Crippen LogP contribution in [0.25, 0.3) is 66.8 Å². The van der Waals surface area contributed by atoms with Crippen LogP contribution in [-0.4, -0.2) is 0 Å². The molecule has 6 nitrogen and oxygen atoms in total. The summed E-state index contributed by atoms with van der Waals surface area (Å²) in [6.45, 7) is 0. The van der Waals surface area contributed by atoms with Crippen LogP contribution in [0.2, 0.25) is 0 Å². The van der Waals surface area contributed by atoms with Gasteiger partial charge in [0, 0.05) is 34.1 Å². The average Bonchev–Trinajstić information content (AvgIpc) is 3.07. The summed E-state index contributed by atoms with van der Waals surface area (Å²) in [5, 5.41) is 0. The van der Waals surface area contributed by atoms with Gasteiger partial charge in [0.05, 0.1) is 0 Å². The molecular formula is C42H36N6. The van der Waals surface area contributed by atoms with E-state index in [1.165, 1.54) is 0 Å². The fourth-order valence-electron chi connectivity index (χ4n) is 6.22. The topological polar surface area (TPSA) is 156 Å². The second kappa shape index (κ2) is 12.3. The average molecular weight is 625 g/mol. The summed E-state index contributed by atoms with van der Waals surface area (Å²) in [6, 6.07) is 49.1. The van der Waals surface area contributed by atoms with Crippen molar-refractivity contribution in [2.45, 2.75) is 0 Å². The maximum absolute atomic E-state index is 6.07. The molecule has 6 heteroatoms. The zero-order chi connectivity index (χ0) is 33.4. The highest BCUT2D eigenvalue weighted by atomic mass is 14.6. The lowest BCUT2D eigenvalue weighted by Gasteiger charge is -2.13. The minimum absolute atomic E-state index is 0.641. The SMILES string of the molecule is Nc1cc(N)cc(-c2ccc(-c3cc(-c4ccc(-c5cc(N)cc(N)c5)cc4)cc(-c4ccc(-c5cc(N)cc(N)c5)cc4)c3)cc2)c1. The second-order valence-corrected chi connectivity index (χ2v) is 12.2. The van der Waals surface area contributed by atoms with Crippen LogP contribution >= 0.6 is 0 Å². The molecule has 0 aliphatic heterocycles. The van der Waals surface area contributed by atoms with Crippen LogP contribution in [0.4, 0.5) is 34.1 Å². The summed E-state index contributed by atoms with van der Waals surface area (Å²) in [7, 11) is 0. The Hall–Kier alpha value is -6.66. The first-order chi connectivity index (χ1) is 23.2. The molecule has 0 aliphatic rings. The van der Waals surface area contributed by atoms with E-state index < -0.39 is 0 Å². The van der Waals surface area contributed by atoms with Crippen molar-refractivity contribution in [3.8, 4) is 66.8 Å². The molecule has 0 radical (unpaired) electrons. The van der Waals surface area contributed by atoms with Crippen molar-refractivity contribution in [3.63, 3.8) is 0 Å². The van der Waals surface area contributed by atoms with Gasteiger partial charge in [-0.25, -0.2) is 0 Å². The van der Waals surface area contributed by atoms with Gasteiger partial charge in [0.15, 0.2) is 0 Å². The molecule has 0 fully saturated rings. The Morgan fingerprint density at radius 3 is 0.479 bits per heavy atom. The Labute approximate surface area is 280 Å². The van der Waals surface area contributed by atoms with Crippen molar-refractivity contribution >= 4 is 34.1 Å². The normalized spacial score (nSPS) is 11.0. The first kappa shape index (κ1) is 30.0. The smallest absolute Gasteiger partial charge is 0.0340 e. The number of nitrogen functional groups attached to an aromatic ring is 6. The number of nitrogens with two attached hydrogens (primary N) is 6. The first-order valence-electron chi connectivity index (χ1n) is 15.6. The zero-order valence-corrected chi connectivity index (χ0v) is 26.3. The molecule has 7 aromatic rings. The Bertz CT molecular complexity index is 1940. The molecule has 0 saturated carbocycles. The lowest BCUT2D eigenvalue weighted by molar-refractivity contribution is 1.55. The van der Waals surface area contributed by atoms with Crippen molar-refractivity contribution in [2.75, 3.05) is 34.4 Å².